The van der Waals surface area contributed by atoms with Crippen LogP contribution < -0.4 is 10.1 Å². The van der Waals surface area contributed by atoms with E-state index >= 15 is 0 Å². The Morgan fingerprint density at radius 1 is 1.07 bits per heavy atom. The largest absolute Gasteiger partial charge is 0.483 e. The van der Waals surface area contributed by atoms with Crippen LogP contribution in [0.15, 0.2) is 30.3 Å². The molecule has 0 saturated carbocycles. The SMILES string of the molecule is CCOC(=O)N1CCN(C(=O)[C@H](CCC(=O)O)NC(=O)c2cc(OCC(=O)N3CCOC(CO)C3)c3ccccc3n2)CC1. The van der Waals surface area contributed by atoms with Gasteiger partial charge in [0, 0.05) is 57.1 Å². The third-order valence-corrected chi connectivity index (χ3v) is 7.32. The molecule has 0 radical (unpaired) electrons. The molecule has 4 amide bonds. The molecule has 238 valence electrons. The van der Waals surface area contributed by atoms with Crippen LogP contribution in [0.3, 0.4) is 0 Å². The maximum Gasteiger partial charge on any atom is 0.409 e. The Labute approximate surface area is 253 Å². The van der Waals surface area contributed by atoms with Crippen molar-refractivity contribution in [3.05, 3.63) is 36.0 Å². The Hall–Kier alpha value is -4.50. The summed E-state index contributed by atoms with van der Waals surface area (Å²) in [4.78, 5) is 71.9. The number of carboxylic acid groups (broad SMARTS) is 1. The van der Waals surface area contributed by atoms with E-state index in [-0.39, 0.29) is 82.7 Å². The molecule has 1 unspecified atom stereocenters. The molecule has 2 fully saturated rings. The highest BCUT2D eigenvalue weighted by atomic mass is 16.6. The van der Waals surface area contributed by atoms with E-state index in [2.05, 4.69) is 10.3 Å². The molecule has 1 aromatic heterocycles. The van der Waals surface area contributed by atoms with Crippen molar-refractivity contribution in [1.29, 1.82) is 0 Å². The summed E-state index contributed by atoms with van der Waals surface area (Å²) >= 11 is 0. The lowest BCUT2D eigenvalue weighted by Crippen LogP contribution is -2.56. The second-order valence-electron chi connectivity index (χ2n) is 10.3. The molecule has 0 aliphatic carbocycles. The van der Waals surface area contributed by atoms with E-state index in [1.807, 2.05) is 0 Å². The Balaban J connectivity index is 1.47. The number of benzene rings is 1. The predicted octanol–water partition coefficient (Wildman–Crippen LogP) is 0.0972. The van der Waals surface area contributed by atoms with Gasteiger partial charge in [0.05, 0.1) is 31.4 Å². The summed E-state index contributed by atoms with van der Waals surface area (Å²) in [7, 11) is 0. The highest BCUT2D eigenvalue weighted by Gasteiger charge is 2.31. The van der Waals surface area contributed by atoms with Crippen molar-refractivity contribution < 1.29 is 48.4 Å². The van der Waals surface area contributed by atoms with Gasteiger partial charge < -0.3 is 44.4 Å². The summed E-state index contributed by atoms with van der Waals surface area (Å²) in [5.41, 5.74) is 0.330. The molecule has 2 aliphatic rings. The summed E-state index contributed by atoms with van der Waals surface area (Å²) < 4.78 is 16.3. The Morgan fingerprint density at radius 3 is 2.50 bits per heavy atom. The Bertz CT molecular complexity index is 1360. The number of fused-ring (bicyclic) bond motifs is 1. The zero-order valence-corrected chi connectivity index (χ0v) is 24.5. The van der Waals surface area contributed by atoms with Gasteiger partial charge in [-0.05, 0) is 25.5 Å². The van der Waals surface area contributed by atoms with E-state index in [9.17, 15) is 34.2 Å². The first-order valence-corrected chi connectivity index (χ1v) is 14.5. The topological polar surface area (TPSA) is 188 Å². The predicted molar refractivity (Wildman–Crippen MR) is 154 cm³/mol. The summed E-state index contributed by atoms with van der Waals surface area (Å²) in [6.45, 7) is 3.13. The second-order valence-corrected chi connectivity index (χ2v) is 10.3. The van der Waals surface area contributed by atoms with Gasteiger partial charge in [-0.1, -0.05) is 12.1 Å². The molecule has 0 bridgehead atoms. The number of ether oxygens (including phenoxy) is 3. The van der Waals surface area contributed by atoms with Crippen molar-refractivity contribution >= 4 is 40.7 Å². The van der Waals surface area contributed by atoms with E-state index in [0.29, 0.717) is 24.1 Å². The smallest absolute Gasteiger partial charge is 0.409 e. The highest BCUT2D eigenvalue weighted by molar-refractivity contribution is 5.99. The number of rotatable bonds is 11. The molecule has 44 heavy (non-hydrogen) atoms. The molecule has 15 heteroatoms. The van der Waals surface area contributed by atoms with E-state index in [0.717, 1.165) is 0 Å². The van der Waals surface area contributed by atoms with Crippen LogP contribution in [0, 0.1) is 0 Å². The quantitative estimate of drug-likeness (QED) is 0.311. The van der Waals surface area contributed by atoms with Crippen LogP contribution in [0.4, 0.5) is 4.79 Å². The number of aliphatic hydroxyl groups excluding tert-OH is 1. The zero-order chi connectivity index (χ0) is 31.6. The minimum atomic E-state index is -1.16. The van der Waals surface area contributed by atoms with Gasteiger partial charge in [-0.2, -0.15) is 0 Å². The number of carbonyl (C=O) groups is 5. The highest BCUT2D eigenvalue weighted by Crippen LogP contribution is 2.26. The number of amides is 4. The summed E-state index contributed by atoms with van der Waals surface area (Å²) in [6.07, 6.45) is -1.46. The normalized spacial score (nSPS) is 17.6. The van der Waals surface area contributed by atoms with Crippen LogP contribution in [0.25, 0.3) is 10.9 Å². The molecular formula is C29H37N5O10. The summed E-state index contributed by atoms with van der Waals surface area (Å²) in [5.74, 6) is -2.41. The van der Waals surface area contributed by atoms with Crippen molar-refractivity contribution in [3.63, 3.8) is 0 Å². The number of aliphatic hydroxyl groups is 1. The lowest BCUT2D eigenvalue weighted by atomic mass is 10.1. The summed E-state index contributed by atoms with van der Waals surface area (Å²) in [6, 6.07) is 7.10. The lowest BCUT2D eigenvalue weighted by Gasteiger charge is -2.35. The molecule has 2 aromatic rings. The van der Waals surface area contributed by atoms with Crippen molar-refractivity contribution in [2.24, 2.45) is 0 Å². The number of morpholine rings is 1. The first-order valence-electron chi connectivity index (χ1n) is 14.5. The minimum absolute atomic E-state index is 0.0851. The molecule has 2 aliphatic heterocycles. The fourth-order valence-corrected chi connectivity index (χ4v) is 4.97. The van der Waals surface area contributed by atoms with Gasteiger partial charge >= 0.3 is 12.1 Å². The van der Waals surface area contributed by atoms with Crippen LogP contribution in [0.2, 0.25) is 0 Å². The number of nitrogens with zero attached hydrogens (tertiary/aromatic N) is 4. The van der Waals surface area contributed by atoms with Crippen LogP contribution in [-0.4, -0.2) is 138 Å². The van der Waals surface area contributed by atoms with Crippen molar-refractivity contribution in [2.45, 2.75) is 31.9 Å². The van der Waals surface area contributed by atoms with Gasteiger partial charge in [0.1, 0.15) is 17.5 Å². The average molecular weight is 616 g/mol. The van der Waals surface area contributed by atoms with Crippen LogP contribution in [-0.2, 0) is 23.9 Å². The fraction of sp³-hybridized carbons (Fsp3) is 0.517. The molecule has 1 aromatic carbocycles. The first kappa shape index (κ1) is 32.4. The Morgan fingerprint density at radius 2 is 1.80 bits per heavy atom. The molecular weight excluding hydrogens is 578 g/mol. The van der Waals surface area contributed by atoms with E-state index in [4.69, 9.17) is 14.2 Å². The van der Waals surface area contributed by atoms with Gasteiger partial charge in [0.15, 0.2) is 6.61 Å². The van der Waals surface area contributed by atoms with Crippen molar-refractivity contribution in [1.82, 2.24) is 25.0 Å². The van der Waals surface area contributed by atoms with Crippen LogP contribution in [0.5, 0.6) is 5.75 Å². The maximum atomic E-state index is 13.4. The van der Waals surface area contributed by atoms with E-state index in [1.165, 1.54) is 20.8 Å². The standard InChI is InChI=1S/C29H37N5O10/c1-2-42-29(41)33-11-9-32(10-12-33)28(40)22(7-8-26(37)38)31-27(39)23-15-24(20-5-3-4-6-21(20)30-23)44-18-25(36)34-13-14-43-19(16-34)17-35/h3-6,15,19,22,35H,2,7-14,16-18H2,1H3,(H,31,39)(H,37,38)/t19?,22-/m0/s1. The minimum Gasteiger partial charge on any atom is -0.483 e. The number of nitrogens with one attached hydrogen (secondary N) is 1. The molecule has 2 saturated heterocycles. The Kier molecular flexibility index (Phi) is 11.3. The van der Waals surface area contributed by atoms with Crippen LogP contribution in [0.1, 0.15) is 30.3 Å². The number of hydrogen-bond donors (Lipinski definition) is 3. The maximum absolute atomic E-state index is 13.4. The fourth-order valence-electron chi connectivity index (χ4n) is 4.97. The van der Waals surface area contributed by atoms with Gasteiger partial charge in [0.25, 0.3) is 11.8 Å². The van der Waals surface area contributed by atoms with E-state index in [1.54, 1.807) is 31.2 Å². The summed E-state index contributed by atoms with van der Waals surface area (Å²) in [5, 5.41) is 21.8. The van der Waals surface area contributed by atoms with Crippen molar-refractivity contribution in [3.8, 4) is 5.75 Å². The monoisotopic (exact) mass is 615 g/mol. The number of aromatic nitrogens is 1. The third kappa shape index (κ3) is 8.32. The number of pyridine rings is 1. The number of aliphatic carboxylic acids is 1. The number of para-hydroxylation sites is 1. The van der Waals surface area contributed by atoms with Gasteiger partial charge in [-0.25, -0.2) is 9.78 Å². The van der Waals surface area contributed by atoms with Crippen LogP contribution >= 0.6 is 0 Å². The number of carboxylic acids is 1. The molecule has 4 rings (SSSR count). The number of hydrogen-bond acceptors (Lipinski definition) is 10. The third-order valence-electron chi connectivity index (χ3n) is 7.32. The number of piperazine rings is 1. The average Bonchev–Trinajstić information content (AvgIpc) is 3.04. The van der Waals surface area contributed by atoms with E-state index < -0.39 is 36.0 Å². The van der Waals surface area contributed by atoms with Gasteiger partial charge in [0.2, 0.25) is 5.91 Å². The van der Waals surface area contributed by atoms with Gasteiger partial charge in [-0.3, -0.25) is 19.2 Å². The zero-order valence-electron chi connectivity index (χ0n) is 24.5. The molecule has 3 N–H and O–H groups in total. The number of carbonyl (C=O) groups excluding carboxylic acids is 4. The molecule has 0 spiro atoms. The van der Waals surface area contributed by atoms with Crippen molar-refractivity contribution in [2.75, 3.05) is 65.7 Å². The second kappa shape index (κ2) is 15.3. The first-order chi connectivity index (χ1) is 21.2. The molecule has 3 heterocycles. The van der Waals surface area contributed by atoms with Gasteiger partial charge in [-0.15, -0.1) is 0 Å². The molecule has 2 atom stereocenters. The molecule has 15 nitrogen and oxygen atoms in total. The lowest BCUT2D eigenvalue weighted by molar-refractivity contribution is -0.142.